The highest BCUT2D eigenvalue weighted by Gasteiger charge is 2.57. The highest BCUT2D eigenvalue weighted by Crippen LogP contribution is 2.62. The monoisotopic (exact) mass is 298 g/mol. The highest BCUT2D eigenvalue weighted by atomic mass is 16.3. The molecular formula is C19H22O3. The van der Waals surface area contributed by atoms with Gasteiger partial charge in [0.05, 0.1) is 0 Å². The Kier molecular flexibility index (Phi) is 2.68. The Morgan fingerprint density at radius 2 is 1.91 bits per heavy atom. The number of rotatable bonds is 0. The maximum atomic E-state index is 12.3. The summed E-state index contributed by atoms with van der Waals surface area (Å²) in [4.78, 5) is 24.1. The third kappa shape index (κ3) is 1.52. The fourth-order valence-corrected chi connectivity index (χ4v) is 5.53. The number of ketones is 2. The molecule has 4 rings (SSSR count). The van der Waals surface area contributed by atoms with Gasteiger partial charge < -0.3 is 5.11 Å². The fourth-order valence-electron chi connectivity index (χ4n) is 5.53. The average molecular weight is 298 g/mol. The number of aliphatic hydroxyl groups is 1. The van der Waals surface area contributed by atoms with E-state index in [1.54, 1.807) is 0 Å². The van der Waals surface area contributed by atoms with Crippen LogP contribution in [0.3, 0.4) is 0 Å². The van der Waals surface area contributed by atoms with E-state index in [-0.39, 0.29) is 22.4 Å². The maximum Gasteiger partial charge on any atom is 0.220 e. The van der Waals surface area contributed by atoms with Gasteiger partial charge in [-0.15, -0.1) is 0 Å². The first-order valence-corrected chi connectivity index (χ1v) is 8.27. The number of Topliss-reactive ketones (excluding diaryl/α,β-unsaturated/α-hetero) is 1. The van der Waals surface area contributed by atoms with E-state index in [0.29, 0.717) is 30.0 Å². The normalized spacial score (nSPS) is 46.5. The molecule has 0 radical (unpaired) electrons. The van der Waals surface area contributed by atoms with Crippen LogP contribution in [0.1, 0.15) is 39.5 Å². The van der Waals surface area contributed by atoms with Gasteiger partial charge in [0.1, 0.15) is 5.78 Å². The van der Waals surface area contributed by atoms with Crippen LogP contribution in [0.4, 0.5) is 0 Å². The quantitative estimate of drug-likeness (QED) is 0.744. The van der Waals surface area contributed by atoms with Crippen molar-refractivity contribution in [3.8, 4) is 0 Å². The van der Waals surface area contributed by atoms with Crippen molar-refractivity contribution in [1.82, 2.24) is 0 Å². The molecule has 0 aromatic carbocycles. The van der Waals surface area contributed by atoms with Crippen LogP contribution >= 0.6 is 0 Å². The fraction of sp³-hybridized carbons (Fsp3) is 0.579. The summed E-state index contributed by atoms with van der Waals surface area (Å²) in [5.74, 6) is 1.16. The second-order valence-corrected chi connectivity index (χ2v) is 7.81. The van der Waals surface area contributed by atoms with Crippen LogP contribution in [0.25, 0.3) is 0 Å². The molecular weight excluding hydrogens is 276 g/mol. The lowest BCUT2D eigenvalue weighted by Gasteiger charge is -2.53. The Hall–Kier alpha value is -1.64. The van der Waals surface area contributed by atoms with E-state index >= 15 is 0 Å². The Labute approximate surface area is 130 Å². The van der Waals surface area contributed by atoms with E-state index in [9.17, 15) is 14.7 Å². The first-order valence-electron chi connectivity index (χ1n) is 8.27. The molecule has 2 saturated carbocycles. The van der Waals surface area contributed by atoms with Crippen molar-refractivity contribution in [3.05, 3.63) is 35.6 Å². The number of carbonyl (C=O) groups is 2. The topological polar surface area (TPSA) is 54.4 Å². The van der Waals surface area contributed by atoms with Crippen LogP contribution < -0.4 is 0 Å². The average Bonchev–Trinajstić information content (AvgIpc) is 2.79. The number of aliphatic hydroxyl groups excluding tert-OH is 1. The lowest BCUT2D eigenvalue weighted by atomic mass is 9.50. The first-order chi connectivity index (χ1) is 10.4. The Morgan fingerprint density at radius 3 is 2.68 bits per heavy atom. The Bertz CT molecular complexity index is 668. The standard InChI is InChI=1S/C19H22O3/c1-18-10-8-15(20)17(22)14(18)4-3-11-12-5-6-16(21)19(12,2)9-7-13(11)18/h3-4,8,10-13,22H,5-7,9H2,1-2H3/t11-,12-,13-,18+,19-/m0/s1. The number of allylic oxidation sites excluding steroid dienone is 5. The summed E-state index contributed by atoms with van der Waals surface area (Å²) in [6, 6.07) is 0. The summed E-state index contributed by atoms with van der Waals surface area (Å²) < 4.78 is 0. The molecule has 4 aliphatic rings. The molecule has 2 fully saturated rings. The van der Waals surface area contributed by atoms with Gasteiger partial charge in [-0.1, -0.05) is 32.1 Å². The summed E-state index contributed by atoms with van der Waals surface area (Å²) >= 11 is 0. The zero-order valence-corrected chi connectivity index (χ0v) is 13.1. The molecule has 3 nitrogen and oxygen atoms in total. The zero-order chi connectivity index (χ0) is 15.7. The molecule has 0 spiro atoms. The smallest absolute Gasteiger partial charge is 0.220 e. The largest absolute Gasteiger partial charge is 0.504 e. The molecule has 0 aromatic heterocycles. The van der Waals surface area contributed by atoms with Crippen molar-refractivity contribution in [2.45, 2.75) is 39.5 Å². The van der Waals surface area contributed by atoms with E-state index < -0.39 is 0 Å². The lowest BCUT2D eigenvalue weighted by molar-refractivity contribution is -0.130. The predicted molar refractivity (Wildman–Crippen MR) is 83.1 cm³/mol. The highest BCUT2D eigenvalue weighted by molar-refractivity contribution is 6.04. The van der Waals surface area contributed by atoms with Gasteiger partial charge in [0.2, 0.25) is 5.78 Å². The van der Waals surface area contributed by atoms with Crippen molar-refractivity contribution in [3.63, 3.8) is 0 Å². The third-order valence-corrected chi connectivity index (χ3v) is 6.95. The summed E-state index contributed by atoms with van der Waals surface area (Å²) in [7, 11) is 0. The maximum absolute atomic E-state index is 12.3. The third-order valence-electron chi connectivity index (χ3n) is 6.95. The number of fused-ring (bicyclic) bond motifs is 5. The van der Waals surface area contributed by atoms with Gasteiger partial charge in [0.25, 0.3) is 0 Å². The lowest BCUT2D eigenvalue weighted by Crippen LogP contribution is -2.48. The summed E-state index contributed by atoms with van der Waals surface area (Å²) in [6.07, 6.45) is 11.2. The number of carbonyl (C=O) groups excluding carboxylic acids is 2. The van der Waals surface area contributed by atoms with Crippen LogP contribution in [0, 0.1) is 28.6 Å². The molecule has 0 heterocycles. The molecule has 0 unspecified atom stereocenters. The van der Waals surface area contributed by atoms with E-state index in [1.807, 2.05) is 12.2 Å². The molecule has 0 bridgehead atoms. The molecule has 5 atom stereocenters. The summed E-state index contributed by atoms with van der Waals surface area (Å²) in [5, 5.41) is 10.2. The molecule has 0 aromatic rings. The van der Waals surface area contributed by atoms with Gasteiger partial charge in [-0.2, -0.15) is 0 Å². The minimum atomic E-state index is -0.299. The van der Waals surface area contributed by atoms with Crippen molar-refractivity contribution in [2.75, 3.05) is 0 Å². The second-order valence-electron chi connectivity index (χ2n) is 7.81. The van der Waals surface area contributed by atoms with Crippen molar-refractivity contribution in [2.24, 2.45) is 28.6 Å². The minimum absolute atomic E-state index is 0.101. The van der Waals surface area contributed by atoms with Gasteiger partial charge in [0.15, 0.2) is 5.76 Å². The van der Waals surface area contributed by atoms with Gasteiger partial charge in [-0.3, -0.25) is 9.59 Å². The zero-order valence-electron chi connectivity index (χ0n) is 13.1. The summed E-state index contributed by atoms with van der Waals surface area (Å²) in [6.45, 7) is 4.27. The van der Waals surface area contributed by atoms with Crippen molar-refractivity contribution >= 4 is 11.6 Å². The van der Waals surface area contributed by atoms with Crippen LogP contribution in [-0.4, -0.2) is 16.7 Å². The predicted octanol–water partition coefficient (Wildman–Crippen LogP) is 3.53. The molecule has 4 aliphatic carbocycles. The minimum Gasteiger partial charge on any atom is -0.504 e. The number of hydrogen-bond donors (Lipinski definition) is 1. The van der Waals surface area contributed by atoms with Crippen LogP contribution in [0.15, 0.2) is 35.6 Å². The van der Waals surface area contributed by atoms with Gasteiger partial charge in [-0.05, 0) is 43.1 Å². The van der Waals surface area contributed by atoms with Gasteiger partial charge >= 0.3 is 0 Å². The molecule has 1 N–H and O–H groups in total. The molecule has 0 aliphatic heterocycles. The van der Waals surface area contributed by atoms with Crippen LogP contribution in [0.5, 0.6) is 0 Å². The Morgan fingerprint density at radius 1 is 1.14 bits per heavy atom. The molecule has 22 heavy (non-hydrogen) atoms. The van der Waals surface area contributed by atoms with Gasteiger partial charge in [-0.25, -0.2) is 0 Å². The van der Waals surface area contributed by atoms with Gasteiger partial charge in [0, 0.05) is 22.8 Å². The van der Waals surface area contributed by atoms with E-state index in [4.69, 9.17) is 0 Å². The molecule has 0 saturated heterocycles. The first kappa shape index (κ1) is 14.0. The molecule has 3 heteroatoms. The number of hydrogen-bond acceptors (Lipinski definition) is 3. The van der Waals surface area contributed by atoms with E-state index in [2.05, 4.69) is 19.9 Å². The SMILES string of the molecule is C[C@]12C=CC(=O)C(O)=C1C=C[C@@H]1[C@@H]2CC[C@]2(C)C(=O)CC[C@@H]12. The van der Waals surface area contributed by atoms with Crippen LogP contribution in [-0.2, 0) is 9.59 Å². The molecule has 116 valence electrons. The second kappa shape index (κ2) is 4.21. The van der Waals surface area contributed by atoms with Crippen molar-refractivity contribution < 1.29 is 14.7 Å². The molecule has 0 amide bonds. The summed E-state index contributed by atoms with van der Waals surface area (Å²) in [5.41, 5.74) is 0.304. The van der Waals surface area contributed by atoms with Crippen molar-refractivity contribution in [1.29, 1.82) is 0 Å². The Balaban J connectivity index is 1.82. The van der Waals surface area contributed by atoms with E-state index in [0.717, 1.165) is 24.8 Å². The van der Waals surface area contributed by atoms with E-state index in [1.165, 1.54) is 6.08 Å². The van der Waals surface area contributed by atoms with Crippen LogP contribution in [0.2, 0.25) is 0 Å².